The molecular formula is C16H27N5S. The number of hydrogen-bond donors (Lipinski definition) is 2. The quantitative estimate of drug-likeness (QED) is 0.657. The smallest absolute Gasteiger partial charge is 0.191 e. The molecule has 1 aliphatic heterocycles. The van der Waals surface area contributed by atoms with Crippen molar-refractivity contribution in [1.82, 2.24) is 20.5 Å². The van der Waals surface area contributed by atoms with Crippen LogP contribution in [0.3, 0.4) is 0 Å². The normalized spacial score (nSPS) is 26.5. The second kappa shape index (κ2) is 6.54. The number of aliphatic imine (C=N–C) groups is 1. The molecule has 0 spiro atoms. The molecule has 1 saturated carbocycles. The number of nitrogens with one attached hydrogen (secondary N) is 2. The van der Waals surface area contributed by atoms with Crippen molar-refractivity contribution in [2.45, 2.75) is 52.2 Å². The summed E-state index contributed by atoms with van der Waals surface area (Å²) in [6, 6.07) is 1.34. The van der Waals surface area contributed by atoms with Crippen molar-refractivity contribution in [3.8, 4) is 0 Å². The SMILES string of the molecule is CN=C(NCc1nc(C)c(C)s1)NC1CN(C2CC2)CC1C. The molecule has 1 aromatic heterocycles. The number of aromatic nitrogens is 1. The minimum absolute atomic E-state index is 0.492. The maximum Gasteiger partial charge on any atom is 0.191 e. The summed E-state index contributed by atoms with van der Waals surface area (Å²) in [6.45, 7) is 9.62. The van der Waals surface area contributed by atoms with E-state index in [1.165, 1.54) is 24.3 Å². The van der Waals surface area contributed by atoms with Gasteiger partial charge in [-0.05, 0) is 32.6 Å². The Morgan fingerprint density at radius 1 is 1.36 bits per heavy atom. The third kappa shape index (κ3) is 3.60. The lowest BCUT2D eigenvalue weighted by Crippen LogP contribution is -2.46. The second-order valence-corrected chi connectivity index (χ2v) is 7.88. The van der Waals surface area contributed by atoms with Gasteiger partial charge in [0.1, 0.15) is 5.01 Å². The molecule has 1 aromatic rings. The van der Waals surface area contributed by atoms with E-state index in [0.717, 1.165) is 35.8 Å². The molecule has 5 nitrogen and oxygen atoms in total. The van der Waals surface area contributed by atoms with Crippen LogP contribution in [0, 0.1) is 19.8 Å². The van der Waals surface area contributed by atoms with Gasteiger partial charge in [0, 0.05) is 37.1 Å². The summed E-state index contributed by atoms with van der Waals surface area (Å²) in [5.74, 6) is 1.56. The fraction of sp³-hybridized carbons (Fsp3) is 0.750. The number of likely N-dealkylation sites (tertiary alicyclic amines) is 1. The number of guanidine groups is 1. The van der Waals surface area contributed by atoms with Crippen LogP contribution in [0.15, 0.2) is 4.99 Å². The molecule has 2 fully saturated rings. The fourth-order valence-corrected chi connectivity index (χ4v) is 3.95. The largest absolute Gasteiger partial charge is 0.352 e. The second-order valence-electron chi connectivity index (χ2n) is 6.59. The Morgan fingerprint density at radius 2 is 2.14 bits per heavy atom. The van der Waals surface area contributed by atoms with Crippen LogP contribution >= 0.6 is 11.3 Å². The first kappa shape index (κ1) is 15.7. The Hall–Kier alpha value is -1.14. The molecular weight excluding hydrogens is 294 g/mol. The molecule has 0 aromatic carbocycles. The lowest BCUT2D eigenvalue weighted by atomic mass is 10.1. The number of nitrogens with zero attached hydrogens (tertiary/aromatic N) is 3. The molecule has 0 amide bonds. The van der Waals surface area contributed by atoms with Crippen LogP contribution in [-0.4, -0.2) is 48.1 Å². The molecule has 2 heterocycles. The van der Waals surface area contributed by atoms with Gasteiger partial charge in [-0.2, -0.15) is 0 Å². The lowest BCUT2D eigenvalue weighted by molar-refractivity contribution is 0.315. The molecule has 3 rings (SSSR count). The van der Waals surface area contributed by atoms with Crippen LogP contribution in [-0.2, 0) is 6.54 Å². The molecule has 6 heteroatoms. The first-order valence-corrected chi connectivity index (χ1v) is 9.02. The zero-order valence-electron chi connectivity index (χ0n) is 14.0. The lowest BCUT2D eigenvalue weighted by Gasteiger charge is -2.20. The monoisotopic (exact) mass is 321 g/mol. The average molecular weight is 321 g/mol. The van der Waals surface area contributed by atoms with Gasteiger partial charge in [0.05, 0.1) is 12.2 Å². The zero-order chi connectivity index (χ0) is 15.7. The molecule has 22 heavy (non-hydrogen) atoms. The third-order valence-corrected chi connectivity index (χ3v) is 5.80. The summed E-state index contributed by atoms with van der Waals surface area (Å²) in [4.78, 5) is 12.9. The van der Waals surface area contributed by atoms with Crippen LogP contribution in [0.5, 0.6) is 0 Å². The van der Waals surface area contributed by atoms with Gasteiger partial charge < -0.3 is 10.6 Å². The number of thiazole rings is 1. The van der Waals surface area contributed by atoms with Gasteiger partial charge in [-0.15, -0.1) is 11.3 Å². The van der Waals surface area contributed by atoms with Crippen molar-refractivity contribution in [3.05, 3.63) is 15.6 Å². The Kier molecular flexibility index (Phi) is 4.68. The molecule has 2 N–H and O–H groups in total. The van der Waals surface area contributed by atoms with Gasteiger partial charge in [0.25, 0.3) is 0 Å². The van der Waals surface area contributed by atoms with E-state index >= 15 is 0 Å². The van der Waals surface area contributed by atoms with E-state index in [1.807, 2.05) is 7.05 Å². The van der Waals surface area contributed by atoms with E-state index in [9.17, 15) is 0 Å². The van der Waals surface area contributed by atoms with Crippen molar-refractivity contribution in [2.75, 3.05) is 20.1 Å². The summed E-state index contributed by atoms with van der Waals surface area (Å²) >= 11 is 1.76. The van der Waals surface area contributed by atoms with Gasteiger partial charge in [0.2, 0.25) is 0 Å². The molecule has 2 unspecified atom stereocenters. The molecule has 1 saturated heterocycles. The zero-order valence-corrected chi connectivity index (χ0v) is 14.8. The summed E-state index contributed by atoms with van der Waals surface area (Å²) in [5, 5.41) is 8.12. The third-order valence-electron chi connectivity index (χ3n) is 4.73. The van der Waals surface area contributed by atoms with E-state index in [-0.39, 0.29) is 0 Å². The van der Waals surface area contributed by atoms with Crippen molar-refractivity contribution >= 4 is 17.3 Å². The summed E-state index contributed by atoms with van der Waals surface area (Å²) in [6.07, 6.45) is 2.77. The van der Waals surface area contributed by atoms with E-state index < -0.39 is 0 Å². The summed E-state index contributed by atoms with van der Waals surface area (Å²) in [7, 11) is 1.84. The first-order valence-electron chi connectivity index (χ1n) is 8.21. The summed E-state index contributed by atoms with van der Waals surface area (Å²) in [5.41, 5.74) is 1.13. The van der Waals surface area contributed by atoms with Crippen LogP contribution in [0.25, 0.3) is 0 Å². The maximum atomic E-state index is 4.57. The predicted molar refractivity (Wildman–Crippen MR) is 92.5 cm³/mol. The van der Waals surface area contributed by atoms with E-state index in [0.29, 0.717) is 12.0 Å². The minimum Gasteiger partial charge on any atom is -0.352 e. The first-order chi connectivity index (χ1) is 10.6. The van der Waals surface area contributed by atoms with E-state index in [1.54, 1.807) is 11.3 Å². The number of rotatable bonds is 4. The van der Waals surface area contributed by atoms with Crippen LogP contribution in [0.1, 0.15) is 35.3 Å². The van der Waals surface area contributed by atoms with Crippen molar-refractivity contribution in [2.24, 2.45) is 10.9 Å². The fourth-order valence-electron chi connectivity index (χ4n) is 3.07. The standard InChI is InChI=1S/C16H27N5S/c1-10-8-21(13-5-6-13)9-14(10)20-16(17-4)18-7-15-19-11(2)12(3)22-15/h10,13-14H,5-9H2,1-4H3,(H2,17,18,20). The maximum absolute atomic E-state index is 4.57. The topological polar surface area (TPSA) is 52.6 Å². The highest BCUT2D eigenvalue weighted by Crippen LogP contribution is 2.31. The Labute approximate surface area is 137 Å². The molecule has 2 atom stereocenters. The molecule has 2 aliphatic rings. The Bertz CT molecular complexity index is 529. The van der Waals surface area contributed by atoms with E-state index in [2.05, 4.69) is 46.3 Å². The minimum atomic E-state index is 0.492. The highest BCUT2D eigenvalue weighted by atomic mass is 32.1. The molecule has 0 radical (unpaired) electrons. The highest BCUT2D eigenvalue weighted by Gasteiger charge is 2.38. The highest BCUT2D eigenvalue weighted by molar-refractivity contribution is 7.11. The Balaban J connectivity index is 1.51. The summed E-state index contributed by atoms with van der Waals surface area (Å²) < 4.78 is 0. The number of aryl methyl sites for hydroxylation is 2. The van der Waals surface area contributed by atoms with Crippen LogP contribution in [0.4, 0.5) is 0 Å². The van der Waals surface area contributed by atoms with Crippen molar-refractivity contribution in [1.29, 1.82) is 0 Å². The van der Waals surface area contributed by atoms with Gasteiger partial charge >= 0.3 is 0 Å². The molecule has 122 valence electrons. The van der Waals surface area contributed by atoms with Crippen molar-refractivity contribution in [3.63, 3.8) is 0 Å². The molecule has 1 aliphatic carbocycles. The van der Waals surface area contributed by atoms with Gasteiger partial charge in [0.15, 0.2) is 5.96 Å². The molecule has 0 bridgehead atoms. The van der Waals surface area contributed by atoms with Crippen molar-refractivity contribution < 1.29 is 0 Å². The van der Waals surface area contributed by atoms with E-state index in [4.69, 9.17) is 0 Å². The average Bonchev–Trinajstić information content (AvgIpc) is 3.21. The van der Waals surface area contributed by atoms with Gasteiger partial charge in [-0.1, -0.05) is 6.92 Å². The number of hydrogen-bond acceptors (Lipinski definition) is 4. The van der Waals surface area contributed by atoms with Crippen LogP contribution < -0.4 is 10.6 Å². The Morgan fingerprint density at radius 3 is 2.73 bits per heavy atom. The van der Waals surface area contributed by atoms with Gasteiger partial charge in [-0.3, -0.25) is 9.89 Å². The van der Waals surface area contributed by atoms with Gasteiger partial charge in [-0.25, -0.2) is 4.98 Å². The van der Waals surface area contributed by atoms with Crippen LogP contribution in [0.2, 0.25) is 0 Å². The predicted octanol–water partition coefficient (Wildman–Crippen LogP) is 1.91.